The molecular weight excluding hydrogens is 266 g/mol. The minimum Gasteiger partial charge on any atom is -0.352 e. The lowest BCUT2D eigenvalue weighted by Crippen LogP contribution is -2.51. The quantitative estimate of drug-likeness (QED) is 0.677. The van der Waals surface area contributed by atoms with Crippen molar-refractivity contribution in [2.75, 3.05) is 6.54 Å². The minimum atomic E-state index is -0.371. The highest BCUT2D eigenvalue weighted by Crippen LogP contribution is 2.16. The molecule has 0 radical (unpaired) electrons. The van der Waals surface area contributed by atoms with Crippen LogP contribution in [-0.2, 0) is 9.59 Å². The van der Waals surface area contributed by atoms with Gasteiger partial charge < -0.3 is 10.6 Å². The monoisotopic (exact) mass is 297 g/mol. The van der Waals surface area contributed by atoms with E-state index in [1.807, 2.05) is 20.8 Å². The molecule has 1 unspecified atom stereocenters. The third-order valence-electron chi connectivity index (χ3n) is 3.68. The Hall–Kier alpha value is -1.10. The Balaban J connectivity index is 2.26. The van der Waals surface area contributed by atoms with Crippen LogP contribution in [-0.4, -0.2) is 36.0 Å². The van der Waals surface area contributed by atoms with Gasteiger partial charge in [-0.2, -0.15) is 0 Å². The van der Waals surface area contributed by atoms with Gasteiger partial charge in [0.05, 0.1) is 12.6 Å². The molecule has 1 aliphatic rings. The normalized spacial score (nSPS) is 18.7. The van der Waals surface area contributed by atoms with E-state index >= 15 is 0 Å². The van der Waals surface area contributed by atoms with Crippen molar-refractivity contribution in [1.82, 2.24) is 16.0 Å². The Labute approximate surface area is 128 Å². The molecule has 3 N–H and O–H groups in total. The molecule has 0 aromatic rings. The summed E-state index contributed by atoms with van der Waals surface area (Å²) in [7, 11) is 0. The second-order valence-electron chi connectivity index (χ2n) is 7.10. The zero-order valence-electron chi connectivity index (χ0n) is 13.9. The molecule has 0 heterocycles. The highest BCUT2D eigenvalue weighted by Gasteiger charge is 2.20. The van der Waals surface area contributed by atoms with Crippen LogP contribution in [0.25, 0.3) is 0 Å². The summed E-state index contributed by atoms with van der Waals surface area (Å²) in [6.07, 6.45) is 7.09. The molecule has 0 aromatic carbocycles. The molecule has 1 rings (SSSR count). The standard InChI is InChI=1S/C16H31N3O2/c1-12(15(21)19-16(2,3)4)17-11-14(20)18-13-9-7-5-6-8-10-13/h12-13,17H,5-11H2,1-4H3,(H,18,20)(H,19,21). The van der Waals surface area contributed by atoms with Crippen LogP contribution in [0.5, 0.6) is 0 Å². The fraction of sp³-hybridized carbons (Fsp3) is 0.875. The van der Waals surface area contributed by atoms with Crippen molar-refractivity contribution in [3.63, 3.8) is 0 Å². The fourth-order valence-corrected chi connectivity index (χ4v) is 2.52. The van der Waals surface area contributed by atoms with Gasteiger partial charge in [0.15, 0.2) is 0 Å². The van der Waals surface area contributed by atoms with E-state index in [9.17, 15) is 9.59 Å². The minimum absolute atomic E-state index is 0.0164. The van der Waals surface area contributed by atoms with E-state index in [-0.39, 0.29) is 29.9 Å². The lowest BCUT2D eigenvalue weighted by molar-refractivity contribution is -0.124. The van der Waals surface area contributed by atoms with Gasteiger partial charge in [-0.25, -0.2) is 0 Å². The topological polar surface area (TPSA) is 70.2 Å². The van der Waals surface area contributed by atoms with Crippen molar-refractivity contribution in [1.29, 1.82) is 0 Å². The SMILES string of the molecule is CC(NCC(=O)NC1CCCCCC1)C(=O)NC(C)(C)C. The van der Waals surface area contributed by atoms with Gasteiger partial charge in [-0.3, -0.25) is 14.9 Å². The van der Waals surface area contributed by atoms with Gasteiger partial charge in [0.1, 0.15) is 0 Å². The number of hydrogen-bond donors (Lipinski definition) is 3. The van der Waals surface area contributed by atoms with Crippen LogP contribution in [0.2, 0.25) is 0 Å². The molecule has 1 aliphatic carbocycles. The average Bonchev–Trinajstić information content (AvgIpc) is 2.62. The Bertz CT molecular complexity index is 342. The summed E-state index contributed by atoms with van der Waals surface area (Å²) in [5.74, 6) is -0.0953. The van der Waals surface area contributed by atoms with Crippen LogP contribution < -0.4 is 16.0 Å². The van der Waals surface area contributed by atoms with Crippen molar-refractivity contribution in [2.24, 2.45) is 0 Å². The van der Waals surface area contributed by atoms with Gasteiger partial charge in [0, 0.05) is 11.6 Å². The molecule has 0 spiro atoms. The summed E-state index contributed by atoms with van der Waals surface area (Å²) in [5.41, 5.74) is -0.254. The molecule has 5 nitrogen and oxygen atoms in total. The number of hydrogen-bond acceptors (Lipinski definition) is 3. The first-order valence-electron chi connectivity index (χ1n) is 8.13. The van der Waals surface area contributed by atoms with Crippen molar-refractivity contribution in [3.05, 3.63) is 0 Å². The van der Waals surface area contributed by atoms with Crippen molar-refractivity contribution in [3.8, 4) is 0 Å². The van der Waals surface area contributed by atoms with Gasteiger partial charge in [0.25, 0.3) is 0 Å². The molecule has 0 aromatic heterocycles. The largest absolute Gasteiger partial charge is 0.352 e. The maximum Gasteiger partial charge on any atom is 0.237 e. The third-order valence-corrected chi connectivity index (χ3v) is 3.68. The van der Waals surface area contributed by atoms with E-state index in [0.29, 0.717) is 6.04 Å². The van der Waals surface area contributed by atoms with Crippen LogP contribution in [0.3, 0.4) is 0 Å². The van der Waals surface area contributed by atoms with Crippen molar-refractivity contribution < 1.29 is 9.59 Å². The maximum atomic E-state index is 11.9. The smallest absolute Gasteiger partial charge is 0.237 e. The third kappa shape index (κ3) is 8.05. The van der Waals surface area contributed by atoms with Crippen LogP contribution in [0.4, 0.5) is 0 Å². The van der Waals surface area contributed by atoms with E-state index in [0.717, 1.165) is 12.8 Å². The Morgan fingerprint density at radius 1 is 1.10 bits per heavy atom. The first-order valence-corrected chi connectivity index (χ1v) is 8.13. The molecule has 1 atom stereocenters. The van der Waals surface area contributed by atoms with Crippen molar-refractivity contribution in [2.45, 2.75) is 83.8 Å². The Morgan fingerprint density at radius 3 is 2.19 bits per heavy atom. The molecule has 0 bridgehead atoms. The van der Waals surface area contributed by atoms with E-state index in [1.165, 1.54) is 25.7 Å². The zero-order chi connectivity index (χ0) is 15.9. The van der Waals surface area contributed by atoms with Crippen LogP contribution >= 0.6 is 0 Å². The molecule has 0 saturated heterocycles. The lowest BCUT2D eigenvalue weighted by Gasteiger charge is -2.24. The number of rotatable bonds is 5. The molecule has 21 heavy (non-hydrogen) atoms. The van der Waals surface area contributed by atoms with Gasteiger partial charge in [-0.05, 0) is 40.5 Å². The summed E-state index contributed by atoms with van der Waals surface area (Å²) in [6.45, 7) is 7.79. The summed E-state index contributed by atoms with van der Waals surface area (Å²) in [6, 6.07) is -0.0652. The van der Waals surface area contributed by atoms with E-state index in [4.69, 9.17) is 0 Å². The highest BCUT2D eigenvalue weighted by atomic mass is 16.2. The molecule has 1 saturated carbocycles. The summed E-state index contributed by atoms with van der Waals surface area (Å²) in [4.78, 5) is 23.8. The highest BCUT2D eigenvalue weighted by molar-refractivity contribution is 5.83. The van der Waals surface area contributed by atoms with Gasteiger partial charge in [0.2, 0.25) is 11.8 Å². The fourth-order valence-electron chi connectivity index (χ4n) is 2.52. The first-order chi connectivity index (χ1) is 9.78. The second-order valence-corrected chi connectivity index (χ2v) is 7.10. The Morgan fingerprint density at radius 2 is 1.67 bits per heavy atom. The predicted molar refractivity (Wildman–Crippen MR) is 85.0 cm³/mol. The maximum absolute atomic E-state index is 11.9. The van der Waals surface area contributed by atoms with Crippen LogP contribution in [0, 0.1) is 0 Å². The van der Waals surface area contributed by atoms with Crippen LogP contribution in [0.15, 0.2) is 0 Å². The number of carbonyl (C=O) groups excluding carboxylic acids is 2. The van der Waals surface area contributed by atoms with E-state index in [1.54, 1.807) is 6.92 Å². The van der Waals surface area contributed by atoms with Gasteiger partial charge in [-0.1, -0.05) is 25.7 Å². The predicted octanol–water partition coefficient (Wildman–Crippen LogP) is 1.72. The van der Waals surface area contributed by atoms with Gasteiger partial charge in [-0.15, -0.1) is 0 Å². The summed E-state index contributed by atoms with van der Waals surface area (Å²) < 4.78 is 0. The van der Waals surface area contributed by atoms with Crippen LogP contribution in [0.1, 0.15) is 66.2 Å². The zero-order valence-corrected chi connectivity index (χ0v) is 13.9. The first kappa shape index (κ1) is 18.0. The molecule has 5 heteroatoms. The average molecular weight is 297 g/mol. The van der Waals surface area contributed by atoms with E-state index < -0.39 is 0 Å². The van der Waals surface area contributed by atoms with E-state index in [2.05, 4.69) is 16.0 Å². The lowest BCUT2D eigenvalue weighted by atomic mass is 10.1. The molecule has 122 valence electrons. The number of amides is 2. The molecular formula is C16H31N3O2. The number of carbonyl (C=O) groups is 2. The molecule has 2 amide bonds. The summed E-state index contributed by atoms with van der Waals surface area (Å²) >= 11 is 0. The summed E-state index contributed by atoms with van der Waals surface area (Å²) in [5, 5.41) is 8.95. The van der Waals surface area contributed by atoms with Gasteiger partial charge >= 0.3 is 0 Å². The second kappa shape index (κ2) is 8.37. The molecule has 1 fully saturated rings. The van der Waals surface area contributed by atoms with Crippen molar-refractivity contribution >= 4 is 11.8 Å². The molecule has 0 aliphatic heterocycles. The Kier molecular flexibility index (Phi) is 7.15. The number of nitrogens with one attached hydrogen (secondary N) is 3.